The highest BCUT2D eigenvalue weighted by atomic mass is 32.2. The lowest BCUT2D eigenvalue weighted by molar-refractivity contribution is -0.125. The molecule has 0 saturated carbocycles. The Morgan fingerprint density at radius 1 is 1.23 bits per heavy atom. The van der Waals surface area contributed by atoms with Crippen molar-refractivity contribution in [2.75, 3.05) is 32.6 Å². The van der Waals surface area contributed by atoms with Crippen LogP contribution in [-0.2, 0) is 21.2 Å². The minimum absolute atomic E-state index is 0.0310. The molecule has 11 heteroatoms. The summed E-state index contributed by atoms with van der Waals surface area (Å²) < 4.78 is 24.9. The molecule has 0 saturated heterocycles. The van der Waals surface area contributed by atoms with Gasteiger partial charge in [-0.15, -0.1) is 0 Å². The number of hydrogen-bond acceptors (Lipinski definition) is 7. The second kappa shape index (κ2) is 11.4. The van der Waals surface area contributed by atoms with Gasteiger partial charge in [0.1, 0.15) is 17.8 Å². The van der Waals surface area contributed by atoms with Crippen molar-refractivity contribution in [3.63, 3.8) is 0 Å². The van der Waals surface area contributed by atoms with Crippen LogP contribution >= 0.6 is 0 Å². The number of nitriles is 1. The molecular weight excluding hydrogens is 470 g/mol. The smallest absolute Gasteiger partial charge is 0.413 e. The third kappa shape index (κ3) is 6.53. The standard InChI is InChI=1S/C24H25N5O5S/c1-28(16-18-8-10-19(11-9-18)23-27-13-14-29(23)24(31)32)22(30)7-4-12-26-17-35(33,34)21-6-3-2-5-20(21)15-25/h2-11,26H,12-14,16-17H2,1H3,(H,31,32). The molecule has 0 aromatic heterocycles. The summed E-state index contributed by atoms with van der Waals surface area (Å²) in [6.07, 6.45) is 1.85. The first-order valence-corrected chi connectivity index (χ1v) is 12.4. The summed E-state index contributed by atoms with van der Waals surface area (Å²) in [6, 6.07) is 15.0. The first-order valence-electron chi connectivity index (χ1n) is 10.7. The number of benzene rings is 2. The van der Waals surface area contributed by atoms with E-state index in [0.29, 0.717) is 31.0 Å². The molecule has 0 bridgehead atoms. The highest BCUT2D eigenvalue weighted by Crippen LogP contribution is 2.16. The van der Waals surface area contributed by atoms with Crippen molar-refractivity contribution in [3.05, 3.63) is 77.4 Å². The fourth-order valence-corrected chi connectivity index (χ4v) is 4.74. The number of rotatable bonds is 9. The molecular formula is C24H25N5O5S. The van der Waals surface area contributed by atoms with E-state index in [9.17, 15) is 23.1 Å². The molecule has 35 heavy (non-hydrogen) atoms. The first-order chi connectivity index (χ1) is 16.7. The fraction of sp³-hybridized carbons (Fsp3) is 0.250. The number of nitrogens with zero attached hydrogens (tertiary/aromatic N) is 4. The number of amides is 2. The molecule has 2 aromatic carbocycles. The second-order valence-electron chi connectivity index (χ2n) is 7.75. The van der Waals surface area contributed by atoms with Gasteiger partial charge in [0.25, 0.3) is 0 Å². The lowest BCUT2D eigenvalue weighted by Crippen LogP contribution is -2.33. The highest BCUT2D eigenvalue weighted by molar-refractivity contribution is 7.91. The third-order valence-corrected chi connectivity index (χ3v) is 6.85. The highest BCUT2D eigenvalue weighted by Gasteiger charge is 2.24. The quantitative estimate of drug-likeness (QED) is 0.399. The number of carbonyl (C=O) groups excluding carboxylic acids is 1. The number of hydrogen-bond donors (Lipinski definition) is 2. The zero-order valence-electron chi connectivity index (χ0n) is 19.1. The lowest BCUT2D eigenvalue weighted by Gasteiger charge is -2.17. The van der Waals surface area contributed by atoms with Crippen molar-refractivity contribution < 1.29 is 23.1 Å². The van der Waals surface area contributed by atoms with E-state index in [2.05, 4.69) is 10.3 Å². The largest absolute Gasteiger partial charge is 0.465 e. The molecule has 0 fully saturated rings. The zero-order chi connectivity index (χ0) is 25.4. The van der Waals surface area contributed by atoms with Gasteiger partial charge in [0, 0.05) is 31.8 Å². The minimum atomic E-state index is -3.69. The topological polar surface area (TPSA) is 143 Å². The van der Waals surface area contributed by atoms with E-state index in [-0.39, 0.29) is 28.8 Å². The molecule has 182 valence electrons. The minimum Gasteiger partial charge on any atom is -0.465 e. The average Bonchev–Trinajstić information content (AvgIpc) is 3.34. The van der Waals surface area contributed by atoms with Crippen LogP contribution < -0.4 is 5.32 Å². The Morgan fingerprint density at radius 3 is 2.63 bits per heavy atom. The molecule has 10 nitrogen and oxygen atoms in total. The summed E-state index contributed by atoms with van der Waals surface area (Å²) in [5, 5.41) is 21.1. The summed E-state index contributed by atoms with van der Waals surface area (Å²) in [5.74, 6) is -0.204. The van der Waals surface area contributed by atoms with Crippen LogP contribution in [0.4, 0.5) is 4.79 Å². The van der Waals surface area contributed by atoms with E-state index >= 15 is 0 Å². The van der Waals surface area contributed by atoms with Crippen LogP contribution in [0.1, 0.15) is 16.7 Å². The van der Waals surface area contributed by atoms with Crippen LogP contribution in [0.5, 0.6) is 0 Å². The zero-order valence-corrected chi connectivity index (χ0v) is 19.9. The maximum absolute atomic E-state index is 12.4. The number of carbonyl (C=O) groups is 2. The first kappa shape index (κ1) is 25.6. The van der Waals surface area contributed by atoms with Crippen molar-refractivity contribution in [3.8, 4) is 6.07 Å². The Hall–Kier alpha value is -4.01. The monoisotopic (exact) mass is 495 g/mol. The van der Waals surface area contributed by atoms with E-state index in [1.165, 1.54) is 34.1 Å². The second-order valence-corrected chi connectivity index (χ2v) is 9.71. The Kier molecular flexibility index (Phi) is 8.35. The van der Waals surface area contributed by atoms with Gasteiger partial charge >= 0.3 is 6.09 Å². The van der Waals surface area contributed by atoms with Crippen molar-refractivity contribution in [2.45, 2.75) is 11.4 Å². The average molecular weight is 496 g/mol. The van der Waals surface area contributed by atoms with Crippen molar-refractivity contribution in [2.24, 2.45) is 4.99 Å². The van der Waals surface area contributed by atoms with E-state index in [1.807, 2.05) is 18.2 Å². The van der Waals surface area contributed by atoms with Crippen LogP contribution in [0.2, 0.25) is 0 Å². The molecule has 0 unspecified atom stereocenters. The Bertz CT molecular complexity index is 1300. The van der Waals surface area contributed by atoms with Gasteiger partial charge in [-0.2, -0.15) is 5.26 Å². The Labute approximate surface area is 203 Å². The molecule has 0 aliphatic carbocycles. The Morgan fingerprint density at radius 2 is 1.94 bits per heavy atom. The number of likely N-dealkylation sites (N-methyl/N-ethyl adjacent to an activating group) is 1. The van der Waals surface area contributed by atoms with E-state index in [4.69, 9.17) is 5.26 Å². The molecule has 0 radical (unpaired) electrons. The number of sulfone groups is 1. The van der Waals surface area contributed by atoms with E-state index in [0.717, 1.165) is 5.56 Å². The van der Waals surface area contributed by atoms with Crippen molar-refractivity contribution in [1.29, 1.82) is 5.26 Å². The molecule has 2 aromatic rings. The summed E-state index contributed by atoms with van der Waals surface area (Å²) in [6.45, 7) is 1.26. The normalized spacial score (nSPS) is 13.5. The number of amidine groups is 1. The lowest BCUT2D eigenvalue weighted by atomic mass is 10.1. The van der Waals surface area contributed by atoms with Gasteiger partial charge in [0.2, 0.25) is 5.91 Å². The van der Waals surface area contributed by atoms with Crippen LogP contribution in [0.25, 0.3) is 0 Å². The molecule has 0 spiro atoms. The van der Waals surface area contributed by atoms with Gasteiger partial charge in [-0.25, -0.2) is 13.2 Å². The van der Waals surface area contributed by atoms with Gasteiger partial charge in [-0.1, -0.05) is 42.5 Å². The van der Waals surface area contributed by atoms with Gasteiger partial charge < -0.3 is 10.0 Å². The van der Waals surface area contributed by atoms with E-state index in [1.54, 1.807) is 31.3 Å². The molecule has 1 heterocycles. The van der Waals surface area contributed by atoms with Gasteiger partial charge in [0.05, 0.1) is 23.5 Å². The molecule has 2 amide bonds. The predicted octanol–water partition coefficient (Wildman–Crippen LogP) is 1.83. The van der Waals surface area contributed by atoms with Gasteiger partial charge in [-0.3, -0.25) is 20.0 Å². The molecule has 3 rings (SSSR count). The third-order valence-electron chi connectivity index (χ3n) is 5.24. The summed E-state index contributed by atoms with van der Waals surface area (Å²) in [5.41, 5.74) is 1.64. The fourth-order valence-electron chi connectivity index (χ4n) is 3.46. The summed E-state index contributed by atoms with van der Waals surface area (Å²) in [4.78, 5) is 30.6. The molecule has 1 aliphatic rings. The predicted molar refractivity (Wildman–Crippen MR) is 129 cm³/mol. The van der Waals surface area contributed by atoms with E-state index < -0.39 is 15.9 Å². The van der Waals surface area contributed by atoms with Crippen LogP contribution in [0.15, 0.2) is 70.6 Å². The number of nitrogens with one attached hydrogen (secondary N) is 1. The van der Waals surface area contributed by atoms with Gasteiger partial charge in [-0.05, 0) is 17.7 Å². The number of carboxylic acid groups (broad SMARTS) is 1. The van der Waals surface area contributed by atoms with Crippen molar-refractivity contribution >= 4 is 27.7 Å². The summed E-state index contributed by atoms with van der Waals surface area (Å²) >= 11 is 0. The van der Waals surface area contributed by atoms with Crippen molar-refractivity contribution in [1.82, 2.24) is 15.1 Å². The maximum Gasteiger partial charge on any atom is 0.413 e. The van der Waals surface area contributed by atoms with Gasteiger partial charge in [0.15, 0.2) is 9.84 Å². The Balaban J connectivity index is 1.48. The SMILES string of the molecule is CN(Cc1ccc(C2=NCCN2C(=O)O)cc1)C(=O)C=CCNCS(=O)(=O)c1ccccc1C#N. The van der Waals surface area contributed by atoms with Crippen LogP contribution in [0, 0.1) is 11.3 Å². The van der Waals surface area contributed by atoms with Crippen LogP contribution in [-0.4, -0.2) is 73.7 Å². The molecule has 1 aliphatic heterocycles. The molecule has 2 N–H and O–H groups in total. The summed E-state index contributed by atoms with van der Waals surface area (Å²) in [7, 11) is -2.04. The maximum atomic E-state index is 12.4. The number of aliphatic imine (C=N–C) groups is 1. The molecule has 0 atom stereocenters. The van der Waals surface area contributed by atoms with Crippen LogP contribution in [0.3, 0.4) is 0 Å².